The third-order valence-corrected chi connectivity index (χ3v) is 9.41. The van der Waals surface area contributed by atoms with Crippen LogP contribution in [0.1, 0.15) is 66.1 Å². The second-order valence-electron chi connectivity index (χ2n) is 12.4. The van der Waals surface area contributed by atoms with Crippen LogP contribution >= 0.6 is 11.6 Å². The zero-order chi connectivity index (χ0) is 32.8. The van der Waals surface area contributed by atoms with E-state index < -0.39 is 29.7 Å². The van der Waals surface area contributed by atoms with E-state index in [0.29, 0.717) is 18.5 Å². The molecule has 4 heterocycles. The van der Waals surface area contributed by atoms with Crippen molar-refractivity contribution in [2.75, 3.05) is 18.0 Å². The molecule has 0 aliphatic carbocycles. The van der Waals surface area contributed by atoms with Crippen molar-refractivity contribution in [2.45, 2.75) is 64.3 Å². The van der Waals surface area contributed by atoms with E-state index in [1.54, 1.807) is 23.1 Å². The highest BCUT2D eigenvalue weighted by Crippen LogP contribution is 2.39. The van der Waals surface area contributed by atoms with Gasteiger partial charge in [0.1, 0.15) is 17.7 Å². The Kier molecular flexibility index (Phi) is 8.25. The summed E-state index contributed by atoms with van der Waals surface area (Å²) in [4.78, 5) is 37.7. The van der Waals surface area contributed by atoms with Crippen molar-refractivity contribution in [3.05, 3.63) is 111 Å². The Balaban J connectivity index is 1.19. The molecule has 0 unspecified atom stereocenters. The molecule has 0 N–H and O–H groups in total. The van der Waals surface area contributed by atoms with Gasteiger partial charge in [0.2, 0.25) is 6.10 Å². The molecule has 9 nitrogen and oxygen atoms in total. The molecule has 242 valence electrons. The Morgan fingerprint density at radius 2 is 1.79 bits per heavy atom. The lowest BCUT2D eigenvalue weighted by Gasteiger charge is -2.40. The van der Waals surface area contributed by atoms with Crippen LogP contribution in [0.25, 0.3) is 0 Å². The van der Waals surface area contributed by atoms with Gasteiger partial charge in [-0.05, 0) is 53.4 Å². The number of oxime groups is 1. The first-order chi connectivity index (χ1) is 22.7. The maximum absolute atomic E-state index is 14.8. The van der Waals surface area contributed by atoms with Crippen molar-refractivity contribution in [3.8, 4) is 0 Å². The first-order valence-corrected chi connectivity index (χ1v) is 16.1. The molecule has 1 amide bonds. The molecule has 0 bridgehead atoms. The van der Waals surface area contributed by atoms with Gasteiger partial charge in [-0.2, -0.15) is 0 Å². The van der Waals surface area contributed by atoms with E-state index in [9.17, 15) is 18.4 Å². The lowest BCUT2D eigenvalue weighted by Crippen LogP contribution is -2.48. The summed E-state index contributed by atoms with van der Waals surface area (Å²) in [7, 11) is 0. The number of fused-ring (bicyclic) bond motifs is 2. The highest BCUT2D eigenvalue weighted by Gasteiger charge is 2.42. The fraction of sp³-hybridized carbons (Fsp3) is 0.343. The Morgan fingerprint density at radius 3 is 2.57 bits per heavy atom. The molecular weight excluding hydrogens is 626 g/mol. The molecule has 0 spiro atoms. The molecule has 0 saturated heterocycles. The van der Waals surface area contributed by atoms with Crippen LogP contribution in [0, 0.1) is 11.6 Å². The predicted octanol–water partition coefficient (Wildman–Crippen LogP) is 5.78. The van der Waals surface area contributed by atoms with Crippen LogP contribution in [-0.2, 0) is 40.4 Å². The van der Waals surface area contributed by atoms with E-state index in [1.165, 1.54) is 24.3 Å². The number of Topliss-reactive ketones (excluding diaryl/α,β-unsaturated/α-hetero) is 1. The molecule has 4 aromatic rings. The summed E-state index contributed by atoms with van der Waals surface area (Å²) in [5, 5.41) is 12.9. The first kappa shape index (κ1) is 31.0. The van der Waals surface area contributed by atoms with Crippen molar-refractivity contribution < 1.29 is 23.2 Å². The van der Waals surface area contributed by atoms with Crippen molar-refractivity contribution in [3.63, 3.8) is 0 Å². The van der Waals surface area contributed by atoms with Crippen molar-refractivity contribution >= 4 is 34.7 Å². The van der Waals surface area contributed by atoms with E-state index in [2.05, 4.69) is 38.7 Å². The highest BCUT2D eigenvalue weighted by molar-refractivity contribution is 6.31. The third-order valence-electron chi connectivity index (χ3n) is 9.12. The van der Waals surface area contributed by atoms with Crippen molar-refractivity contribution in [1.82, 2.24) is 19.7 Å². The second kappa shape index (κ2) is 12.5. The number of benzene rings is 3. The molecule has 7 rings (SSSR count). The van der Waals surface area contributed by atoms with Crippen LogP contribution in [0.3, 0.4) is 0 Å². The average molecular weight is 659 g/mol. The standard InChI is InChI=1S/C35H33ClF2N6O3/c1-20(2)34-40-39-31-19-42(15-16-43(31)34)28-8-4-5-24-23(28)13-14-44(33(24)29(45)17-21-9-11-22(37)12-10-21)35(46)30-18-27(41-47-30)25-6-3-7-26(36)32(25)38/h3-12,20,30,33H,13-19H2,1-2H3/t30-,33-/m1/s1. The number of carbonyl (C=O) groups excluding carboxylic acids is 2. The minimum atomic E-state index is -1.03. The minimum Gasteiger partial charge on any atom is -0.382 e. The van der Waals surface area contributed by atoms with Gasteiger partial charge in [0, 0.05) is 49.6 Å². The SMILES string of the molecule is CC(C)c1nnc2n1CCN(c1cccc3c1CCN(C(=O)[C@H]1CC(c4cccc(Cl)c4F)=NO1)[C@H]3C(=O)Cc1ccc(F)cc1)C2. The number of hydrogen-bond donors (Lipinski definition) is 0. The van der Waals surface area contributed by atoms with E-state index in [-0.39, 0.29) is 47.4 Å². The summed E-state index contributed by atoms with van der Waals surface area (Å²) >= 11 is 5.98. The lowest BCUT2D eigenvalue weighted by molar-refractivity contribution is -0.149. The number of ketones is 1. The topological polar surface area (TPSA) is 92.9 Å². The predicted molar refractivity (Wildman–Crippen MR) is 172 cm³/mol. The van der Waals surface area contributed by atoms with Gasteiger partial charge in [0.05, 0.1) is 17.3 Å². The number of hydrogen-bond acceptors (Lipinski definition) is 7. The van der Waals surface area contributed by atoms with Crippen LogP contribution < -0.4 is 4.90 Å². The summed E-state index contributed by atoms with van der Waals surface area (Å²) in [6.45, 7) is 6.53. The van der Waals surface area contributed by atoms with Gasteiger partial charge in [0.25, 0.3) is 5.91 Å². The lowest BCUT2D eigenvalue weighted by atomic mass is 9.86. The van der Waals surface area contributed by atoms with Gasteiger partial charge in [-0.15, -0.1) is 10.2 Å². The molecule has 1 aromatic heterocycles. The van der Waals surface area contributed by atoms with Gasteiger partial charge in [-0.25, -0.2) is 8.78 Å². The maximum Gasteiger partial charge on any atom is 0.267 e. The summed E-state index contributed by atoms with van der Waals surface area (Å²) in [6.07, 6.45) is -0.477. The molecule has 0 radical (unpaired) electrons. The Hall–Kier alpha value is -4.64. The second-order valence-corrected chi connectivity index (χ2v) is 12.8. The zero-order valence-electron chi connectivity index (χ0n) is 26.0. The molecule has 47 heavy (non-hydrogen) atoms. The molecule has 3 aliphatic rings. The number of carbonyl (C=O) groups is 2. The van der Waals surface area contributed by atoms with Crippen molar-refractivity contribution in [2.24, 2.45) is 5.16 Å². The first-order valence-electron chi connectivity index (χ1n) is 15.7. The number of aromatic nitrogens is 3. The van der Waals surface area contributed by atoms with E-state index in [0.717, 1.165) is 41.6 Å². The number of amides is 1. The van der Waals surface area contributed by atoms with Gasteiger partial charge < -0.3 is 19.2 Å². The average Bonchev–Trinajstić information content (AvgIpc) is 3.74. The molecule has 12 heteroatoms. The van der Waals surface area contributed by atoms with Gasteiger partial charge >= 0.3 is 0 Å². The highest BCUT2D eigenvalue weighted by atomic mass is 35.5. The quantitative estimate of drug-likeness (QED) is 0.250. The Morgan fingerprint density at radius 1 is 1.00 bits per heavy atom. The third kappa shape index (κ3) is 5.77. The molecule has 3 aliphatic heterocycles. The number of halogens is 3. The summed E-state index contributed by atoms with van der Waals surface area (Å²) in [6, 6.07) is 15.3. The number of rotatable bonds is 7. The Bertz CT molecular complexity index is 1890. The molecule has 2 atom stereocenters. The summed E-state index contributed by atoms with van der Waals surface area (Å²) < 4.78 is 30.6. The molecule has 0 fully saturated rings. The molecule has 3 aromatic carbocycles. The van der Waals surface area contributed by atoms with Crippen LogP contribution in [0.15, 0.2) is 65.8 Å². The fourth-order valence-corrected chi connectivity index (χ4v) is 7.00. The Labute approximate surface area is 275 Å². The smallest absolute Gasteiger partial charge is 0.267 e. The van der Waals surface area contributed by atoms with E-state index in [1.807, 2.05) is 18.2 Å². The summed E-state index contributed by atoms with van der Waals surface area (Å²) in [5.74, 6) is 0.476. The van der Waals surface area contributed by atoms with Gasteiger partial charge in [0.15, 0.2) is 17.4 Å². The fourth-order valence-electron chi connectivity index (χ4n) is 6.82. The van der Waals surface area contributed by atoms with Gasteiger partial charge in [-0.1, -0.05) is 60.9 Å². The largest absolute Gasteiger partial charge is 0.382 e. The van der Waals surface area contributed by atoms with Crippen LogP contribution in [0.2, 0.25) is 5.02 Å². The van der Waals surface area contributed by atoms with Crippen LogP contribution in [0.5, 0.6) is 0 Å². The monoisotopic (exact) mass is 658 g/mol. The molecule has 0 saturated carbocycles. The van der Waals surface area contributed by atoms with E-state index >= 15 is 0 Å². The zero-order valence-corrected chi connectivity index (χ0v) is 26.8. The minimum absolute atomic E-state index is 0.00416. The number of anilines is 1. The van der Waals surface area contributed by atoms with Crippen LogP contribution in [0.4, 0.5) is 14.5 Å². The van der Waals surface area contributed by atoms with E-state index in [4.69, 9.17) is 16.4 Å². The normalized spacial score (nSPS) is 18.9. The maximum atomic E-state index is 14.8. The number of nitrogens with zero attached hydrogens (tertiary/aromatic N) is 6. The van der Waals surface area contributed by atoms with Gasteiger partial charge in [-0.3, -0.25) is 9.59 Å². The van der Waals surface area contributed by atoms with Crippen LogP contribution in [-0.4, -0.2) is 56.3 Å². The van der Waals surface area contributed by atoms with Crippen molar-refractivity contribution in [1.29, 1.82) is 0 Å². The summed E-state index contributed by atoms with van der Waals surface area (Å²) in [5.41, 5.74) is 3.82. The molecular formula is C35H33ClF2N6O3.